The molecule has 1 aliphatic rings. The highest BCUT2D eigenvalue weighted by molar-refractivity contribution is 5.69. The molecule has 1 aromatic carbocycles. The van der Waals surface area contributed by atoms with Crippen LogP contribution in [0.4, 0.5) is 0 Å². The molecule has 3 nitrogen and oxygen atoms in total. The fraction of sp³-hybridized carbons (Fsp3) is 0.500. The Hall–Kier alpha value is -1.35. The van der Waals surface area contributed by atoms with Gasteiger partial charge in [-0.1, -0.05) is 37.3 Å². The van der Waals surface area contributed by atoms with Gasteiger partial charge in [0.25, 0.3) is 0 Å². The summed E-state index contributed by atoms with van der Waals surface area (Å²) >= 11 is 0. The van der Waals surface area contributed by atoms with Crippen LogP contribution in [0.3, 0.4) is 0 Å². The summed E-state index contributed by atoms with van der Waals surface area (Å²) in [6.45, 7) is 4.22. The first kappa shape index (κ1) is 12.1. The van der Waals surface area contributed by atoms with Gasteiger partial charge in [0.15, 0.2) is 0 Å². The lowest BCUT2D eigenvalue weighted by Crippen LogP contribution is -2.60. The molecule has 0 atom stereocenters. The molecule has 1 aliphatic heterocycles. The molecule has 0 aromatic heterocycles. The maximum atomic E-state index is 11.3. The minimum Gasteiger partial charge on any atom is -0.465 e. The van der Waals surface area contributed by atoms with E-state index in [0.717, 1.165) is 13.1 Å². The summed E-state index contributed by atoms with van der Waals surface area (Å²) in [5, 5.41) is 0. The van der Waals surface area contributed by atoms with Gasteiger partial charge in [0, 0.05) is 19.5 Å². The first-order valence-electron chi connectivity index (χ1n) is 6.06. The molecule has 0 N–H and O–H groups in total. The summed E-state index contributed by atoms with van der Waals surface area (Å²) in [4.78, 5) is 13.5. The molecule has 2 rings (SSSR count). The van der Waals surface area contributed by atoms with Crippen molar-refractivity contribution in [3.63, 3.8) is 0 Å². The third-order valence-corrected chi connectivity index (χ3v) is 3.33. The highest BCUT2D eigenvalue weighted by atomic mass is 16.5. The van der Waals surface area contributed by atoms with Crippen molar-refractivity contribution in [2.45, 2.75) is 18.8 Å². The number of nitrogens with zero attached hydrogens (tertiary/aromatic N) is 1. The van der Waals surface area contributed by atoms with Crippen LogP contribution in [-0.2, 0) is 14.9 Å². The maximum Gasteiger partial charge on any atom is 0.305 e. The fourth-order valence-electron chi connectivity index (χ4n) is 2.46. The zero-order valence-corrected chi connectivity index (χ0v) is 10.5. The lowest BCUT2D eigenvalue weighted by atomic mass is 9.74. The average molecular weight is 233 g/mol. The molecule has 0 radical (unpaired) electrons. The third-order valence-electron chi connectivity index (χ3n) is 3.33. The highest BCUT2D eigenvalue weighted by Gasteiger charge is 2.43. The second-order valence-corrected chi connectivity index (χ2v) is 4.83. The largest absolute Gasteiger partial charge is 0.465 e. The molecule has 0 saturated carbocycles. The van der Waals surface area contributed by atoms with E-state index >= 15 is 0 Å². The molecule has 0 bridgehead atoms. The Labute approximate surface area is 102 Å². The second-order valence-electron chi connectivity index (χ2n) is 4.83. The molecule has 0 amide bonds. The minimum absolute atomic E-state index is 0.000833. The van der Waals surface area contributed by atoms with E-state index in [0.29, 0.717) is 13.0 Å². The lowest BCUT2D eigenvalue weighted by molar-refractivity contribution is -0.147. The molecule has 3 heteroatoms. The van der Waals surface area contributed by atoms with Gasteiger partial charge in [0.2, 0.25) is 0 Å². The van der Waals surface area contributed by atoms with E-state index < -0.39 is 0 Å². The number of ether oxygens (including phenoxy) is 1. The Balaban J connectivity index is 2.09. The van der Waals surface area contributed by atoms with Gasteiger partial charge in [-0.15, -0.1) is 0 Å². The van der Waals surface area contributed by atoms with Crippen molar-refractivity contribution in [3.05, 3.63) is 35.9 Å². The third kappa shape index (κ3) is 2.50. The van der Waals surface area contributed by atoms with E-state index in [1.807, 2.05) is 25.1 Å². The van der Waals surface area contributed by atoms with Crippen LogP contribution in [0.25, 0.3) is 0 Å². The van der Waals surface area contributed by atoms with Crippen molar-refractivity contribution in [2.75, 3.05) is 26.7 Å². The van der Waals surface area contributed by atoms with Gasteiger partial charge < -0.3 is 9.64 Å². The van der Waals surface area contributed by atoms with Crippen LogP contribution in [0.15, 0.2) is 30.3 Å². The summed E-state index contributed by atoms with van der Waals surface area (Å²) in [7, 11) is 2.09. The van der Waals surface area contributed by atoms with Gasteiger partial charge in [0.05, 0.1) is 5.41 Å². The van der Waals surface area contributed by atoms with Crippen molar-refractivity contribution in [3.8, 4) is 0 Å². The number of esters is 1. The summed E-state index contributed by atoms with van der Waals surface area (Å²) in [6, 6.07) is 10.3. The number of likely N-dealkylation sites (N-methyl/N-ethyl adjacent to an activating group) is 1. The number of carbonyl (C=O) groups is 1. The first-order valence-corrected chi connectivity index (χ1v) is 6.06. The Morgan fingerprint density at radius 1 is 1.35 bits per heavy atom. The van der Waals surface area contributed by atoms with Crippen LogP contribution in [0.2, 0.25) is 0 Å². The van der Waals surface area contributed by atoms with Crippen molar-refractivity contribution in [1.29, 1.82) is 0 Å². The molecule has 1 fully saturated rings. The number of likely N-dealkylation sites (tertiary alicyclic amines) is 1. The maximum absolute atomic E-state index is 11.3. The summed E-state index contributed by atoms with van der Waals surface area (Å²) in [5.74, 6) is -0.116. The van der Waals surface area contributed by atoms with E-state index in [1.165, 1.54) is 5.56 Å². The Morgan fingerprint density at radius 2 is 2.00 bits per heavy atom. The van der Waals surface area contributed by atoms with E-state index in [-0.39, 0.29) is 11.4 Å². The van der Waals surface area contributed by atoms with Crippen LogP contribution >= 0.6 is 0 Å². The van der Waals surface area contributed by atoms with E-state index in [2.05, 4.69) is 24.1 Å². The molecule has 1 aromatic rings. The van der Waals surface area contributed by atoms with Gasteiger partial charge in [-0.3, -0.25) is 4.79 Å². The predicted molar refractivity (Wildman–Crippen MR) is 66.9 cm³/mol. The predicted octanol–water partition coefficient (Wildman–Crippen LogP) is 1.82. The fourth-order valence-corrected chi connectivity index (χ4v) is 2.46. The van der Waals surface area contributed by atoms with Crippen molar-refractivity contribution in [2.24, 2.45) is 0 Å². The molecule has 0 unspecified atom stereocenters. The molecule has 0 aliphatic carbocycles. The number of hydrogen-bond donors (Lipinski definition) is 0. The van der Waals surface area contributed by atoms with Crippen LogP contribution in [-0.4, -0.2) is 37.6 Å². The van der Waals surface area contributed by atoms with Crippen molar-refractivity contribution >= 4 is 5.97 Å². The Bertz CT molecular complexity index is 382. The Kier molecular flexibility index (Phi) is 3.48. The zero-order valence-electron chi connectivity index (χ0n) is 10.5. The smallest absolute Gasteiger partial charge is 0.305 e. The Morgan fingerprint density at radius 3 is 2.53 bits per heavy atom. The molecular weight excluding hydrogens is 214 g/mol. The van der Waals surface area contributed by atoms with Gasteiger partial charge in [-0.05, 0) is 12.6 Å². The van der Waals surface area contributed by atoms with Crippen LogP contribution in [0, 0.1) is 0 Å². The molecule has 17 heavy (non-hydrogen) atoms. The topological polar surface area (TPSA) is 29.5 Å². The monoisotopic (exact) mass is 233 g/mol. The zero-order chi connectivity index (χ0) is 12.3. The van der Waals surface area contributed by atoms with Crippen LogP contribution in [0.5, 0.6) is 0 Å². The summed E-state index contributed by atoms with van der Waals surface area (Å²) in [5.41, 5.74) is 1.27. The second kappa shape index (κ2) is 4.88. The quantitative estimate of drug-likeness (QED) is 0.743. The molecule has 92 valence electrons. The van der Waals surface area contributed by atoms with Gasteiger partial charge >= 0.3 is 5.97 Å². The van der Waals surface area contributed by atoms with Gasteiger partial charge in [-0.2, -0.15) is 0 Å². The van der Waals surface area contributed by atoms with E-state index in [9.17, 15) is 4.79 Å². The molecule has 0 spiro atoms. The standard InChI is InChI=1S/C14H19NO2/c1-3-13(16)17-11-14(9-15(2)10-14)12-7-5-4-6-8-12/h4-8H,3,9-11H2,1-2H3. The van der Waals surface area contributed by atoms with E-state index in [1.54, 1.807) is 0 Å². The van der Waals surface area contributed by atoms with Crippen molar-refractivity contribution < 1.29 is 9.53 Å². The number of carbonyl (C=O) groups excluding carboxylic acids is 1. The summed E-state index contributed by atoms with van der Waals surface area (Å²) < 4.78 is 5.34. The number of hydrogen-bond acceptors (Lipinski definition) is 3. The number of benzene rings is 1. The van der Waals surface area contributed by atoms with Gasteiger partial charge in [-0.25, -0.2) is 0 Å². The average Bonchev–Trinajstić information content (AvgIpc) is 2.33. The van der Waals surface area contributed by atoms with Crippen LogP contribution < -0.4 is 0 Å². The van der Waals surface area contributed by atoms with E-state index in [4.69, 9.17) is 4.74 Å². The lowest BCUT2D eigenvalue weighted by Gasteiger charge is -2.48. The SMILES string of the molecule is CCC(=O)OCC1(c2ccccc2)CN(C)C1. The van der Waals surface area contributed by atoms with Crippen LogP contribution in [0.1, 0.15) is 18.9 Å². The molecular formula is C14H19NO2. The number of rotatable bonds is 4. The van der Waals surface area contributed by atoms with Gasteiger partial charge in [0.1, 0.15) is 6.61 Å². The highest BCUT2D eigenvalue weighted by Crippen LogP contribution is 2.33. The van der Waals surface area contributed by atoms with Crippen molar-refractivity contribution in [1.82, 2.24) is 4.90 Å². The molecule has 1 heterocycles. The normalized spacial score (nSPS) is 18.5. The minimum atomic E-state index is -0.116. The first-order chi connectivity index (χ1) is 8.16. The summed E-state index contributed by atoms with van der Waals surface area (Å²) in [6.07, 6.45) is 0.445. The molecule has 1 saturated heterocycles.